The second-order valence-corrected chi connectivity index (χ2v) is 8.05. The molecule has 0 saturated heterocycles. The molecule has 30 heavy (non-hydrogen) atoms. The molecule has 2 aromatic carbocycles. The number of rotatable bonds is 7. The normalized spacial score (nSPS) is 13.7. The number of hydrogen-bond acceptors (Lipinski definition) is 4. The molecule has 3 rings (SSSR count). The topological polar surface area (TPSA) is 105 Å². The second-order valence-electron chi connectivity index (χ2n) is 8.05. The summed E-state index contributed by atoms with van der Waals surface area (Å²) in [6.45, 7) is 4.82. The summed E-state index contributed by atoms with van der Waals surface area (Å²) in [6.07, 6.45) is -0.907. The van der Waals surface area contributed by atoms with Crippen molar-refractivity contribution in [3.8, 4) is 11.1 Å². The molecule has 0 aliphatic heterocycles. The van der Waals surface area contributed by atoms with Crippen molar-refractivity contribution in [2.24, 2.45) is 0 Å². The first kappa shape index (κ1) is 21.4. The summed E-state index contributed by atoms with van der Waals surface area (Å²) in [4.78, 5) is 35.6. The van der Waals surface area contributed by atoms with Crippen LogP contribution in [0.15, 0.2) is 48.5 Å². The Kier molecular flexibility index (Phi) is 6.10. The van der Waals surface area contributed by atoms with E-state index in [-0.39, 0.29) is 18.9 Å². The molecular formula is C23H26N2O5. The van der Waals surface area contributed by atoms with Gasteiger partial charge in [0.2, 0.25) is 5.91 Å². The maximum Gasteiger partial charge on any atom is 0.408 e. The highest BCUT2D eigenvalue weighted by Crippen LogP contribution is 2.44. The number of aliphatic carboxylic acids is 1. The highest BCUT2D eigenvalue weighted by molar-refractivity contribution is 5.89. The van der Waals surface area contributed by atoms with Gasteiger partial charge in [-0.1, -0.05) is 48.5 Å². The maximum absolute atomic E-state index is 12.4. The van der Waals surface area contributed by atoms with Crippen LogP contribution in [0.5, 0.6) is 0 Å². The van der Waals surface area contributed by atoms with E-state index in [9.17, 15) is 14.4 Å². The molecule has 7 heteroatoms. The van der Waals surface area contributed by atoms with Crippen LogP contribution in [0.1, 0.15) is 44.2 Å². The zero-order valence-corrected chi connectivity index (χ0v) is 17.3. The first-order valence-corrected chi connectivity index (χ1v) is 9.85. The van der Waals surface area contributed by atoms with Crippen LogP contribution in [-0.4, -0.2) is 41.3 Å². The van der Waals surface area contributed by atoms with E-state index in [1.807, 2.05) is 36.4 Å². The SMILES string of the molecule is C[C@@H](CC(=O)O)NC(=O)C(C)(C)NC(=O)OCC1c2ccccc2-c2ccccc21. The molecule has 0 aromatic heterocycles. The molecule has 1 aliphatic carbocycles. The molecule has 2 amide bonds. The minimum atomic E-state index is -1.25. The lowest BCUT2D eigenvalue weighted by Crippen LogP contribution is -2.56. The Morgan fingerprint density at radius 2 is 1.57 bits per heavy atom. The van der Waals surface area contributed by atoms with Crippen molar-refractivity contribution in [1.82, 2.24) is 10.6 Å². The largest absolute Gasteiger partial charge is 0.481 e. The van der Waals surface area contributed by atoms with Crippen LogP contribution in [0.2, 0.25) is 0 Å². The van der Waals surface area contributed by atoms with Gasteiger partial charge < -0.3 is 20.5 Å². The molecule has 0 fully saturated rings. The van der Waals surface area contributed by atoms with Crippen molar-refractivity contribution in [3.63, 3.8) is 0 Å². The lowest BCUT2D eigenvalue weighted by atomic mass is 9.98. The summed E-state index contributed by atoms with van der Waals surface area (Å²) in [7, 11) is 0. The lowest BCUT2D eigenvalue weighted by Gasteiger charge is -2.26. The van der Waals surface area contributed by atoms with Crippen molar-refractivity contribution >= 4 is 18.0 Å². The number of benzene rings is 2. The van der Waals surface area contributed by atoms with E-state index in [4.69, 9.17) is 9.84 Å². The summed E-state index contributed by atoms with van der Waals surface area (Å²) in [5.41, 5.74) is 3.22. The van der Waals surface area contributed by atoms with Gasteiger partial charge in [0.1, 0.15) is 12.1 Å². The lowest BCUT2D eigenvalue weighted by molar-refractivity contribution is -0.137. The Labute approximate surface area is 175 Å². The summed E-state index contributed by atoms with van der Waals surface area (Å²) < 4.78 is 5.47. The molecule has 2 aromatic rings. The number of carboxylic acid groups (broad SMARTS) is 1. The van der Waals surface area contributed by atoms with E-state index in [1.165, 1.54) is 13.8 Å². The van der Waals surface area contributed by atoms with E-state index in [0.717, 1.165) is 22.3 Å². The minimum absolute atomic E-state index is 0.0734. The molecule has 1 atom stereocenters. The van der Waals surface area contributed by atoms with Crippen LogP contribution in [0.3, 0.4) is 0 Å². The Morgan fingerprint density at radius 3 is 2.10 bits per heavy atom. The van der Waals surface area contributed by atoms with Crippen LogP contribution in [0.25, 0.3) is 11.1 Å². The minimum Gasteiger partial charge on any atom is -0.481 e. The van der Waals surface area contributed by atoms with Crippen LogP contribution in [-0.2, 0) is 14.3 Å². The van der Waals surface area contributed by atoms with Gasteiger partial charge in [-0.15, -0.1) is 0 Å². The Balaban J connectivity index is 1.62. The Bertz CT molecular complexity index is 924. The third-order valence-corrected chi connectivity index (χ3v) is 5.18. The van der Waals surface area contributed by atoms with Gasteiger partial charge in [0.05, 0.1) is 6.42 Å². The van der Waals surface area contributed by atoms with Gasteiger partial charge in [-0.3, -0.25) is 9.59 Å². The van der Waals surface area contributed by atoms with Crippen molar-refractivity contribution in [2.45, 2.75) is 44.7 Å². The van der Waals surface area contributed by atoms with Crippen LogP contribution < -0.4 is 10.6 Å². The fourth-order valence-corrected chi connectivity index (χ4v) is 3.66. The molecule has 3 N–H and O–H groups in total. The molecule has 158 valence electrons. The average molecular weight is 410 g/mol. The molecule has 0 bridgehead atoms. The van der Waals surface area contributed by atoms with E-state index in [2.05, 4.69) is 22.8 Å². The molecular weight excluding hydrogens is 384 g/mol. The highest BCUT2D eigenvalue weighted by atomic mass is 16.5. The number of carboxylic acids is 1. The molecule has 0 heterocycles. The van der Waals surface area contributed by atoms with Crippen molar-refractivity contribution in [3.05, 3.63) is 59.7 Å². The summed E-state index contributed by atoms with van der Waals surface area (Å²) in [5, 5.41) is 14.0. The zero-order valence-electron chi connectivity index (χ0n) is 17.3. The number of carbonyl (C=O) groups excluding carboxylic acids is 2. The fourth-order valence-electron chi connectivity index (χ4n) is 3.66. The number of hydrogen-bond donors (Lipinski definition) is 3. The highest BCUT2D eigenvalue weighted by Gasteiger charge is 2.33. The Morgan fingerprint density at radius 1 is 1.03 bits per heavy atom. The third kappa shape index (κ3) is 4.62. The monoisotopic (exact) mass is 410 g/mol. The van der Waals surface area contributed by atoms with Crippen LogP contribution >= 0.6 is 0 Å². The standard InChI is InChI=1S/C23H26N2O5/c1-14(12-20(26)27)24-21(28)23(2,3)25-22(29)30-13-19-17-10-6-4-8-15(17)16-9-5-7-11-18(16)19/h4-11,14,19H,12-13H2,1-3H3,(H,24,28)(H,25,29)(H,26,27)/t14-/m0/s1. The first-order chi connectivity index (χ1) is 14.2. The molecule has 1 aliphatic rings. The van der Waals surface area contributed by atoms with Crippen molar-refractivity contribution < 1.29 is 24.2 Å². The molecule has 7 nitrogen and oxygen atoms in total. The van der Waals surface area contributed by atoms with Gasteiger partial charge in [0, 0.05) is 12.0 Å². The number of nitrogens with one attached hydrogen (secondary N) is 2. The van der Waals surface area contributed by atoms with E-state index in [0.29, 0.717) is 0 Å². The fraction of sp³-hybridized carbons (Fsp3) is 0.348. The Hall–Kier alpha value is -3.35. The van der Waals surface area contributed by atoms with Gasteiger partial charge in [0.25, 0.3) is 0 Å². The maximum atomic E-state index is 12.4. The van der Waals surface area contributed by atoms with Gasteiger partial charge in [-0.05, 0) is 43.0 Å². The smallest absolute Gasteiger partial charge is 0.408 e. The summed E-state index contributed by atoms with van der Waals surface area (Å²) in [6, 6.07) is 15.5. The number of carbonyl (C=O) groups is 3. The molecule has 0 unspecified atom stereocenters. The van der Waals surface area contributed by atoms with Crippen LogP contribution in [0, 0.1) is 0 Å². The average Bonchev–Trinajstić information content (AvgIpc) is 2.99. The quantitative estimate of drug-likeness (QED) is 0.650. The number of amides is 2. The number of alkyl carbamates (subject to hydrolysis) is 1. The third-order valence-electron chi connectivity index (χ3n) is 5.18. The van der Waals surface area contributed by atoms with Gasteiger partial charge in [0.15, 0.2) is 0 Å². The van der Waals surface area contributed by atoms with Crippen LogP contribution in [0.4, 0.5) is 4.79 Å². The molecule has 0 spiro atoms. The second kappa shape index (κ2) is 8.57. The molecule has 0 saturated carbocycles. The number of fused-ring (bicyclic) bond motifs is 3. The van der Waals surface area contributed by atoms with Gasteiger partial charge in [-0.25, -0.2) is 4.79 Å². The van der Waals surface area contributed by atoms with E-state index in [1.54, 1.807) is 6.92 Å². The number of ether oxygens (including phenoxy) is 1. The van der Waals surface area contributed by atoms with Gasteiger partial charge >= 0.3 is 12.1 Å². The van der Waals surface area contributed by atoms with E-state index < -0.39 is 29.6 Å². The van der Waals surface area contributed by atoms with E-state index >= 15 is 0 Å². The summed E-state index contributed by atoms with van der Waals surface area (Å²) in [5.74, 6) is -1.56. The predicted octanol–water partition coefficient (Wildman–Crippen LogP) is 3.28. The molecule has 0 radical (unpaired) electrons. The van der Waals surface area contributed by atoms with Crippen molar-refractivity contribution in [2.75, 3.05) is 6.61 Å². The van der Waals surface area contributed by atoms with Crippen molar-refractivity contribution in [1.29, 1.82) is 0 Å². The predicted molar refractivity (Wildman–Crippen MR) is 112 cm³/mol. The van der Waals surface area contributed by atoms with Gasteiger partial charge in [-0.2, -0.15) is 0 Å². The first-order valence-electron chi connectivity index (χ1n) is 9.85. The zero-order chi connectivity index (χ0) is 21.9. The summed E-state index contributed by atoms with van der Waals surface area (Å²) >= 11 is 0.